The van der Waals surface area contributed by atoms with Gasteiger partial charge in [-0.05, 0) is 0 Å². The third-order valence-corrected chi connectivity index (χ3v) is 1.52. The molecular formula is C4H4Cl2N4. The highest BCUT2D eigenvalue weighted by Gasteiger charge is 2.19. The molecule has 1 unspecified atom stereocenters. The summed E-state index contributed by atoms with van der Waals surface area (Å²) in [5.41, 5.74) is 4.37. The molecule has 0 radical (unpaired) electrons. The summed E-state index contributed by atoms with van der Waals surface area (Å²) in [6.07, 6.45) is 0. The van der Waals surface area contributed by atoms with E-state index in [1.807, 2.05) is 0 Å². The number of nitrogens with one attached hydrogen (secondary N) is 1. The summed E-state index contributed by atoms with van der Waals surface area (Å²) in [5.74, 6) is 0.0148. The van der Waals surface area contributed by atoms with Crippen LogP contribution in [0, 0.1) is 5.41 Å². The summed E-state index contributed by atoms with van der Waals surface area (Å²) < 4.78 is 0. The number of guanidine groups is 1. The third kappa shape index (κ3) is 1.27. The number of rotatable bonds is 0. The number of nitrogens with two attached hydrogens (primary N) is 1. The van der Waals surface area contributed by atoms with Crippen molar-refractivity contribution in [2.75, 3.05) is 0 Å². The summed E-state index contributed by atoms with van der Waals surface area (Å²) in [7, 11) is 0. The van der Waals surface area contributed by atoms with E-state index in [1.54, 1.807) is 0 Å². The zero-order valence-corrected chi connectivity index (χ0v) is 6.32. The van der Waals surface area contributed by atoms with Crippen LogP contribution < -0.4 is 5.73 Å². The summed E-state index contributed by atoms with van der Waals surface area (Å²) in [4.78, 5) is 7.09. The van der Waals surface area contributed by atoms with Crippen LogP contribution in [0.15, 0.2) is 9.98 Å². The number of halogens is 2. The lowest BCUT2D eigenvalue weighted by atomic mass is 10.4. The van der Waals surface area contributed by atoms with Crippen molar-refractivity contribution in [2.45, 2.75) is 5.50 Å². The van der Waals surface area contributed by atoms with Gasteiger partial charge < -0.3 is 5.73 Å². The molecule has 0 spiro atoms. The van der Waals surface area contributed by atoms with Crippen LogP contribution >= 0.6 is 23.2 Å². The van der Waals surface area contributed by atoms with E-state index >= 15 is 0 Å². The molecule has 0 aromatic heterocycles. The quantitative estimate of drug-likeness (QED) is 0.413. The van der Waals surface area contributed by atoms with Crippen LogP contribution in [-0.2, 0) is 0 Å². The van der Waals surface area contributed by atoms with Crippen molar-refractivity contribution in [3.8, 4) is 0 Å². The lowest BCUT2D eigenvalue weighted by Gasteiger charge is -2.09. The highest BCUT2D eigenvalue weighted by molar-refractivity contribution is 6.86. The summed E-state index contributed by atoms with van der Waals surface area (Å²) in [6.45, 7) is 0. The molecule has 0 aliphatic carbocycles. The maximum absolute atomic E-state index is 7.13. The zero-order chi connectivity index (χ0) is 7.72. The molecule has 10 heavy (non-hydrogen) atoms. The van der Waals surface area contributed by atoms with E-state index in [4.69, 9.17) is 34.3 Å². The molecule has 0 aromatic rings. The number of alkyl halides is 1. The van der Waals surface area contributed by atoms with Crippen LogP contribution in [0.3, 0.4) is 0 Å². The van der Waals surface area contributed by atoms with Gasteiger partial charge in [-0.25, -0.2) is 4.99 Å². The van der Waals surface area contributed by atoms with Crippen LogP contribution in [0.4, 0.5) is 0 Å². The maximum atomic E-state index is 7.13. The first-order valence-electron chi connectivity index (χ1n) is 2.41. The number of nitrogens with zero attached hydrogens (tertiary/aromatic N) is 2. The lowest BCUT2D eigenvalue weighted by Crippen LogP contribution is -2.28. The van der Waals surface area contributed by atoms with E-state index in [0.717, 1.165) is 0 Å². The second-order valence-electron chi connectivity index (χ2n) is 1.64. The number of aliphatic imine (C=N–C) groups is 2. The standard InChI is InChI=1S/C4H4Cl2N4/c5-2-1(7)3(6)10-4(8)9-2/h2,7H,(H2,8,9). The SMILES string of the molecule is N=C1C(Cl)=NC(N)=NC1Cl. The molecule has 0 bridgehead atoms. The Balaban J connectivity index is 2.95. The third-order valence-electron chi connectivity index (χ3n) is 0.919. The van der Waals surface area contributed by atoms with Crippen LogP contribution in [0.5, 0.6) is 0 Å². The van der Waals surface area contributed by atoms with Crippen molar-refractivity contribution in [1.29, 1.82) is 5.41 Å². The van der Waals surface area contributed by atoms with Gasteiger partial charge in [-0.15, -0.1) is 0 Å². The van der Waals surface area contributed by atoms with Gasteiger partial charge in [-0.3, -0.25) is 5.41 Å². The summed E-state index contributed by atoms with van der Waals surface area (Å²) in [5, 5.41) is 7.14. The first-order chi connectivity index (χ1) is 4.61. The Morgan fingerprint density at radius 1 is 1.60 bits per heavy atom. The lowest BCUT2D eigenvalue weighted by molar-refractivity contribution is 1.15. The van der Waals surface area contributed by atoms with Crippen LogP contribution in [0.2, 0.25) is 0 Å². The van der Waals surface area contributed by atoms with Gasteiger partial charge >= 0.3 is 0 Å². The monoisotopic (exact) mass is 178 g/mol. The highest BCUT2D eigenvalue weighted by atomic mass is 35.5. The van der Waals surface area contributed by atoms with Gasteiger partial charge in [0.2, 0.25) is 5.96 Å². The van der Waals surface area contributed by atoms with Gasteiger partial charge in [-0.1, -0.05) is 23.2 Å². The Labute approximate surface area is 67.3 Å². The van der Waals surface area contributed by atoms with E-state index in [9.17, 15) is 0 Å². The van der Waals surface area contributed by atoms with Crippen LogP contribution in [-0.4, -0.2) is 22.3 Å². The molecule has 0 fully saturated rings. The van der Waals surface area contributed by atoms with Gasteiger partial charge in [0.05, 0.1) is 0 Å². The summed E-state index contributed by atoms with van der Waals surface area (Å²) >= 11 is 10.9. The molecule has 0 amide bonds. The van der Waals surface area contributed by atoms with E-state index in [1.165, 1.54) is 0 Å². The van der Waals surface area contributed by atoms with Gasteiger partial charge in [-0.2, -0.15) is 4.99 Å². The Morgan fingerprint density at radius 3 is 2.70 bits per heavy atom. The molecule has 3 N–H and O–H groups in total. The first-order valence-corrected chi connectivity index (χ1v) is 3.23. The van der Waals surface area contributed by atoms with E-state index in [0.29, 0.717) is 0 Å². The van der Waals surface area contributed by atoms with Crippen molar-refractivity contribution in [2.24, 2.45) is 15.7 Å². The zero-order valence-electron chi connectivity index (χ0n) is 4.81. The van der Waals surface area contributed by atoms with Gasteiger partial charge in [0.15, 0.2) is 10.7 Å². The van der Waals surface area contributed by atoms with Gasteiger partial charge in [0.1, 0.15) is 5.71 Å². The van der Waals surface area contributed by atoms with Gasteiger partial charge in [0, 0.05) is 0 Å². The molecule has 1 aliphatic heterocycles. The molecule has 6 heteroatoms. The topological polar surface area (TPSA) is 74.6 Å². The normalized spacial score (nSPS) is 25.8. The summed E-state index contributed by atoms with van der Waals surface area (Å²) in [6, 6.07) is 0. The minimum absolute atomic E-state index is 0.00694. The van der Waals surface area contributed by atoms with Crippen molar-refractivity contribution in [3.63, 3.8) is 0 Å². The molecule has 1 heterocycles. The smallest absolute Gasteiger partial charge is 0.218 e. The average Bonchev–Trinajstić information content (AvgIpc) is 1.82. The largest absolute Gasteiger partial charge is 0.368 e. The Kier molecular flexibility index (Phi) is 1.92. The molecule has 4 nitrogen and oxygen atoms in total. The molecule has 1 aliphatic rings. The minimum atomic E-state index is -0.787. The molecule has 1 rings (SSSR count). The van der Waals surface area contributed by atoms with E-state index < -0.39 is 5.50 Å². The predicted molar refractivity (Wildman–Crippen MR) is 42.3 cm³/mol. The van der Waals surface area contributed by atoms with Crippen molar-refractivity contribution < 1.29 is 0 Å². The second kappa shape index (κ2) is 2.56. The average molecular weight is 179 g/mol. The Hall–Kier alpha value is -0.610. The Bertz CT molecular complexity index is 231. The molecule has 0 saturated carbocycles. The minimum Gasteiger partial charge on any atom is -0.368 e. The van der Waals surface area contributed by atoms with Crippen molar-refractivity contribution >= 4 is 40.0 Å². The molecule has 0 aromatic carbocycles. The van der Waals surface area contributed by atoms with E-state index in [2.05, 4.69) is 9.98 Å². The van der Waals surface area contributed by atoms with Crippen molar-refractivity contribution in [3.05, 3.63) is 0 Å². The fourth-order valence-corrected chi connectivity index (χ4v) is 0.918. The first kappa shape index (κ1) is 7.50. The number of hydrogen-bond donors (Lipinski definition) is 2. The molecule has 0 saturated heterocycles. The maximum Gasteiger partial charge on any atom is 0.218 e. The van der Waals surface area contributed by atoms with Crippen LogP contribution in [0.25, 0.3) is 0 Å². The highest BCUT2D eigenvalue weighted by Crippen LogP contribution is 2.08. The fourth-order valence-electron chi connectivity index (χ4n) is 0.469. The predicted octanol–water partition coefficient (Wildman–Crippen LogP) is 0.537. The van der Waals surface area contributed by atoms with Crippen molar-refractivity contribution in [1.82, 2.24) is 0 Å². The molecule has 1 atom stereocenters. The Morgan fingerprint density at radius 2 is 2.20 bits per heavy atom. The number of hydrogen-bond acceptors (Lipinski definition) is 4. The van der Waals surface area contributed by atoms with Gasteiger partial charge in [0.25, 0.3) is 0 Å². The van der Waals surface area contributed by atoms with Crippen LogP contribution in [0.1, 0.15) is 0 Å². The molecular weight excluding hydrogens is 175 g/mol. The second-order valence-corrected chi connectivity index (χ2v) is 2.41. The molecule has 54 valence electrons. The fraction of sp³-hybridized carbons (Fsp3) is 0.250. The van der Waals surface area contributed by atoms with E-state index in [-0.39, 0.29) is 16.8 Å².